The summed E-state index contributed by atoms with van der Waals surface area (Å²) in [5.74, 6) is 6.57. The Kier molecular flexibility index (Phi) is 4.39. The Labute approximate surface area is 155 Å². The van der Waals surface area contributed by atoms with E-state index in [0.29, 0.717) is 22.3 Å². The van der Waals surface area contributed by atoms with Gasteiger partial charge in [0.1, 0.15) is 17.0 Å². The van der Waals surface area contributed by atoms with Crippen LogP contribution in [-0.2, 0) is 6.42 Å². The fraction of sp³-hybridized carbons (Fsp3) is 0.368. The molecule has 1 heterocycles. The monoisotopic (exact) mass is 371 g/mol. The number of anilines is 1. The molecule has 0 aliphatic rings. The fourth-order valence-electron chi connectivity index (χ4n) is 2.94. The third kappa shape index (κ3) is 3.23. The average Bonchev–Trinajstić information content (AvgIpc) is 3.00. The molecule has 2 aromatic carbocycles. The third-order valence-corrected chi connectivity index (χ3v) is 5.02. The molecule has 1 aromatic heterocycles. The quantitative estimate of drug-likeness (QED) is 0.317. The van der Waals surface area contributed by atoms with E-state index in [2.05, 4.69) is 0 Å². The average molecular weight is 371 g/mol. The van der Waals surface area contributed by atoms with E-state index in [1.165, 1.54) is 23.2 Å². The fourth-order valence-corrected chi connectivity index (χ4v) is 2.94. The number of fused-ring (bicyclic) bond motifs is 1. The first-order chi connectivity index (χ1) is 12.5. The molecule has 0 aliphatic carbocycles. The van der Waals surface area contributed by atoms with Gasteiger partial charge in [-0.05, 0) is 24.5 Å². The Balaban J connectivity index is 1.94. The molecular formula is C19H21N3O5. The van der Waals surface area contributed by atoms with Crippen molar-refractivity contribution in [2.45, 2.75) is 40.2 Å². The summed E-state index contributed by atoms with van der Waals surface area (Å²) in [6.07, 6.45) is 0.104. The molecule has 8 heteroatoms. The highest BCUT2D eigenvalue weighted by Crippen LogP contribution is 2.29. The Hall–Kier alpha value is -3.00. The van der Waals surface area contributed by atoms with Crippen molar-refractivity contribution in [2.75, 3.05) is 5.01 Å². The molecule has 2 N–H and O–H groups in total. The predicted octanol–water partition coefficient (Wildman–Crippen LogP) is 2.64. The molecular weight excluding hydrogens is 350 g/mol. The number of non-ortho nitro benzene ring substituents is 1. The van der Waals surface area contributed by atoms with Crippen LogP contribution in [0.3, 0.4) is 0 Å². The molecule has 0 spiro atoms. The highest BCUT2D eigenvalue weighted by Gasteiger charge is 2.32. The van der Waals surface area contributed by atoms with Crippen molar-refractivity contribution in [1.82, 2.24) is 0 Å². The smallest absolute Gasteiger partial charge is 0.270 e. The van der Waals surface area contributed by atoms with Crippen molar-refractivity contribution < 1.29 is 9.34 Å². The van der Waals surface area contributed by atoms with Gasteiger partial charge in [-0.25, -0.2) is 5.84 Å². The van der Waals surface area contributed by atoms with Crippen molar-refractivity contribution in [3.63, 3.8) is 0 Å². The zero-order valence-electron chi connectivity index (χ0n) is 15.6. The second-order valence-electron chi connectivity index (χ2n) is 7.80. The van der Waals surface area contributed by atoms with E-state index < -0.39 is 15.8 Å². The van der Waals surface area contributed by atoms with E-state index in [9.17, 15) is 19.7 Å². The first kappa shape index (κ1) is 18.8. The van der Waals surface area contributed by atoms with Gasteiger partial charge in [0.2, 0.25) is 5.43 Å². The molecule has 0 amide bonds. The lowest BCUT2D eigenvalue weighted by Crippen LogP contribution is -2.54. The van der Waals surface area contributed by atoms with E-state index in [0.717, 1.165) is 0 Å². The zero-order chi connectivity index (χ0) is 20.1. The maximum atomic E-state index is 12.1. The molecule has 8 nitrogen and oxygen atoms in total. The van der Waals surface area contributed by atoms with Gasteiger partial charge >= 0.3 is 0 Å². The van der Waals surface area contributed by atoms with Crippen LogP contribution >= 0.6 is 0 Å². The molecule has 1 unspecified atom stereocenters. The summed E-state index contributed by atoms with van der Waals surface area (Å²) in [5, 5.41) is 12.8. The Morgan fingerprint density at radius 2 is 1.89 bits per heavy atom. The summed E-state index contributed by atoms with van der Waals surface area (Å²) in [6, 6.07) is 5.74. The molecule has 27 heavy (non-hydrogen) atoms. The first-order valence-electron chi connectivity index (χ1n) is 8.53. The Morgan fingerprint density at radius 3 is 2.48 bits per heavy atom. The molecule has 0 saturated heterocycles. The van der Waals surface area contributed by atoms with E-state index in [-0.39, 0.29) is 29.3 Å². The lowest BCUT2D eigenvalue weighted by Gasteiger charge is -2.37. The molecule has 3 rings (SSSR count). The number of nitro groups is 1. The maximum absolute atomic E-state index is 12.1. The van der Waals surface area contributed by atoms with Gasteiger partial charge in [-0.15, -0.1) is 0 Å². The Morgan fingerprint density at radius 1 is 1.22 bits per heavy atom. The molecule has 0 saturated carbocycles. The number of nitrogens with zero attached hydrogens (tertiary/aromatic N) is 2. The standard InChI is InChI=1S/C19H21N3O5/c1-10(19(2,3)4)21(20)16-14(17(23)18(16)24)9-13-8-11-7-12(22(25)26)5-6-15(11)27-13/h5-8,10H,9,20H2,1-4H3. The van der Waals surface area contributed by atoms with Gasteiger partial charge in [-0.3, -0.25) is 19.7 Å². The zero-order valence-corrected chi connectivity index (χ0v) is 15.6. The minimum Gasteiger partial charge on any atom is -0.461 e. The molecule has 0 radical (unpaired) electrons. The number of hydrazine groups is 1. The number of nitro benzene ring substituents is 1. The molecule has 0 fully saturated rings. The van der Waals surface area contributed by atoms with Crippen LogP contribution in [0, 0.1) is 15.5 Å². The molecule has 0 bridgehead atoms. The maximum Gasteiger partial charge on any atom is 0.270 e. The van der Waals surface area contributed by atoms with Crippen molar-refractivity contribution in [2.24, 2.45) is 11.3 Å². The van der Waals surface area contributed by atoms with Crippen molar-refractivity contribution in [3.05, 3.63) is 66.2 Å². The summed E-state index contributed by atoms with van der Waals surface area (Å²) in [6.45, 7) is 7.87. The van der Waals surface area contributed by atoms with E-state index in [4.69, 9.17) is 10.3 Å². The second kappa shape index (κ2) is 6.31. The number of rotatable bonds is 5. The highest BCUT2D eigenvalue weighted by molar-refractivity contribution is 5.80. The number of benzene rings is 1. The summed E-state index contributed by atoms with van der Waals surface area (Å²) in [7, 11) is 0. The molecule has 3 aromatic rings. The van der Waals surface area contributed by atoms with Crippen LogP contribution in [0.25, 0.3) is 11.0 Å². The van der Waals surface area contributed by atoms with Crippen LogP contribution in [0.5, 0.6) is 0 Å². The number of furan rings is 1. The van der Waals surface area contributed by atoms with Gasteiger partial charge in [0.05, 0.1) is 4.92 Å². The van der Waals surface area contributed by atoms with Gasteiger partial charge in [0, 0.05) is 35.5 Å². The summed E-state index contributed by atoms with van der Waals surface area (Å²) < 4.78 is 5.67. The van der Waals surface area contributed by atoms with Crippen molar-refractivity contribution in [1.29, 1.82) is 0 Å². The normalized spacial score (nSPS) is 13.2. The molecule has 142 valence electrons. The van der Waals surface area contributed by atoms with Gasteiger partial charge in [0.15, 0.2) is 0 Å². The van der Waals surface area contributed by atoms with E-state index in [1.807, 2.05) is 27.7 Å². The Bertz CT molecular complexity index is 1100. The predicted molar refractivity (Wildman–Crippen MR) is 103 cm³/mol. The minimum absolute atomic E-state index is 0.0446. The third-order valence-electron chi connectivity index (χ3n) is 5.02. The summed E-state index contributed by atoms with van der Waals surface area (Å²) >= 11 is 0. The number of nitrogens with two attached hydrogens (primary N) is 1. The summed E-state index contributed by atoms with van der Waals surface area (Å²) in [4.78, 5) is 34.6. The largest absolute Gasteiger partial charge is 0.461 e. The lowest BCUT2D eigenvalue weighted by molar-refractivity contribution is -0.384. The van der Waals surface area contributed by atoms with Gasteiger partial charge in [-0.2, -0.15) is 0 Å². The highest BCUT2D eigenvalue weighted by atomic mass is 16.6. The van der Waals surface area contributed by atoms with Crippen LogP contribution in [-0.4, -0.2) is 11.0 Å². The van der Waals surface area contributed by atoms with E-state index in [1.54, 1.807) is 6.07 Å². The SMILES string of the molecule is CC(N(N)c1c(Cc2cc3cc([N+](=O)[O-])ccc3o2)c(=O)c1=O)C(C)(C)C. The van der Waals surface area contributed by atoms with Crippen LogP contribution in [0.2, 0.25) is 0 Å². The van der Waals surface area contributed by atoms with E-state index >= 15 is 0 Å². The number of hydrogen-bond acceptors (Lipinski definition) is 7. The molecule has 1 atom stereocenters. The van der Waals surface area contributed by atoms with Crippen LogP contribution in [0.1, 0.15) is 39.0 Å². The van der Waals surface area contributed by atoms with Crippen LogP contribution < -0.4 is 21.7 Å². The van der Waals surface area contributed by atoms with Crippen molar-refractivity contribution in [3.8, 4) is 0 Å². The summed E-state index contributed by atoms with van der Waals surface area (Å²) in [5.41, 5.74) is -0.436. The van der Waals surface area contributed by atoms with Crippen LogP contribution in [0.4, 0.5) is 11.4 Å². The lowest BCUT2D eigenvalue weighted by atomic mass is 9.86. The van der Waals surface area contributed by atoms with Crippen molar-refractivity contribution >= 4 is 22.3 Å². The van der Waals surface area contributed by atoms with Gasteiger partial charge < -0.3 is 9.43 Å². The van der Waals surface area contributed by atoms with Gasteiger partial charge in [-0.1, -0.05) is 20.8 Å². The molecule has 0 aliphatic heterocycles. The number of hydrogen-bond donors (Lipinski definition) is 1. The first-order valence-corrected chi connectivity index (χ1v) is 8.53. The second-order valence-corrected chi connectivity index (χ2v) is 7.80. The van der Waals surface area contributed by atoms with Crippen LogP contribution in [0.15, 0.2) is 38.3 Å². The topological polar surface area (TPSA) is 120 Å². The van der Waals surface area contributed by atoms with Gasteiger partial charge in [0.25, 0.3) is 11.1 Å². The minimum atomic E-state index is -0.602.